The van der Waals surface area contributed by atoms with E-state index in [4.69, 9.17) is 4.74 Å². The van der Waals surface area contributed by atoms with Crippen molar-refractivity contribution in [3.8, 4) is 5.75 Å². The number of anilines is 1. The molecule has 1 saturated heterocycles. The zero-order valence-corrected chi connectivity index (χ0v) is 15.9. The van der Waals surface area contributed by atoms with Gasteiger partial charge in [-0.15, -0.1) is 0 Å². The van der Waals surface area contributed by atoms with Gasteiger partial charge in [-0.05, 0) is 45.0 Å². The number of benzene rings is 1. The molecule has 2 rings (SSSR count). The molecule has 1 unspecified atom stereocenters. The molecule has 0 aliphatic carbocycles. The number of amides is 1. The Bertz CT molecular complexity index is 700. The summed E-state index contributed by atoms with van der Waals surface area (Å²) in [5, 5.41) is 5.73. The number of hydrogen-bond acceptors (Lipinski definition) is 5. The second kappa shape index (κ2) is 8.64. The summed E-state index contributed by atoms with van der Waals surface area (Å²) >= 11 is 0. The summed E-state index contributed by atoms with van der Waals surface area (Å²) in [4.78, 5) is 12.3. The Kier molecular flexibility index (Phi) is 6.80. The lowest BCUT2D eigenvalue weighted by atomic mass is 10.1. The molecule has 1 aliphatic rings. The minimum absolute atomic E-state index is 0.107. The average Bonchev–Trinajstić information content (AvgIpc) is 3.12. The van der Waals surface area contributed by atoms with E-state index in [2.05, 4.69) is 10.6 Å². The van der Waals surface area contributed by atoms with Crippen LogP contribution < -0.4 is 15.4 Å². The van der Waals surface area contributed by atoms with Crippen molar-refractivity contribution in [2.75, 3.05) is 38.6 Å². The van der Waals surface area contributed by atoms with Crippen LogP contribution in [-0.2, 0) is 14.8 Å². The van der Waals surface area contributed by atoms with Crippen LogP contribution in [0, 0.1) is 5.92 Å². The van der Waals surface area contributed by atoms with Crippen LogP contribution in [0.1, 0.15) is 26.7 Å². The Morgan fingerprint density at radius 1 is 1.32 bits per heavy atom. The number of ether oxygens (including phenoxy) is 1. The largest absolute Gasteiger partial charge is 0.492 e. The van der Waals surface area contributed by atoms with Gasteiger partial charge in [0.25, 0.3) is 0 Å². The van der Waals surface area contributed by atoms with Gasteiger partial charge in [0.1, 0.15) is 10.6 Å². The van der Waals surface area contributed by atoms with Crippen LogP contribution in [0.3, 0.4) is 0 Å². The maximum Gasteiger partial charge on any atom is 0.246 e. The third-order valence-electron chi connectivity index (χ3n) is 4.15. The van der Waals surface area contributed by atoms with Gasteiger partial charge in [0, 0.05) is 31.2 Å². The molecule has 2 N–H and O–H groups in total. The fourth-order valence-electron chi connectivity index (χ4n) is 2.79. The molecule has 25 heavy (non-hydrogen) atoms. The van der Waals surface area contributed by atoms with Crippen LogP contribution in [0.4, 0.5) is 5.69 Å². The Morgan fingerprint density at radius 3 is 2.60 bits per heavy atom. The van der Waals surface area contributed by atoms with E-state index >= 15 is 0 Å². The maximum absolute atomic E-state index is 12.9. The number of hydrogen-bond donors (Lipinski definition) is 2. The second-order valence-corrected chi connectivity index (χ2v) is 8.06. The van der Waals surface area contributed by atoms with E-state index < -0.39 is 10.0 Å². The topological polar surface area (TPSA) is 87.7 Å². The fourth-order valence-corrected chi connectivity index (χ4v) is 4.47. The smallest absolute Gasteiger partial charge is 0.246 e. The molecule has 140 valence electrons. The Balaban J connectivity index is 2.31. The summed E-state index contributed by atoms with van der Waals surface area (Å²) in [7, 11) is -1.86. The maximum atomic E-state index is 12.9. The summed E-state index contributed by atoms with van der Waals surface area (Å²) < 4.78 is 32.8. The first-order valence-electron chi connectivity index (χ1n) is 8.62. The van der Waals surface area contributed by atoms with Gasteiger partial charge in [-0.1, -0.05) is 6.92 Å². The quantitative estimate of drug-likeness (QED) is 0.728. The monoisotopic (exact) mass is 369 g/mol. The molecular formula is C17H27N3O4S. The molecule has 1 aromatic rings. The van der Waals surface area contributed by atoms with Crippen LogP contribution in [0.2, 0.25) is 0 Å². The molecule has 0 radical (unpaired) electrons. The van der Waals surface area contributed by atoms with Gasteiger partial charge < -0.3 is 15.4 Å². The van der Waals surface area contributed by atoms with Crippen molar-refractivity contribution in [2.45, 2.75) is 31.6 Å². The number of carbonyl (C=O) groups excluding carboxylic acids is 1. The van der Waals surface area contributed by atoms with Gasteiger partial charge in [-0.2, -0.15) is 4.31 Å². The molecule has 8 heteroatoms. The van der Waals surface area contributed by atoms with Crippen molar-refractivity contribution in [3.63, 3.8) is 0 Å². The van der Waals surface area contributed by atoms with Crippen molar-refractivity contribution in [1.29, 1.82) is 0 Å². The Morgan fingerprint density at radius 2 is 2.00 bits per heavy atom. The molecule has 0 spiro atoms. The zero-order chi connectivity index (χ0) is 18.4. The molecule has 1 aliphatic heterocycles. The normalized spacial score (nSPS) is 16.6. The summed E-state index contributed by atoms with van der Waals surface area (Å²) in [5.41, 5.74) is 0.453. The van der Waals surface area contributed by atoms with Crippen LogP contribution in [-0.4, -0.2) is 51.9 Å². The predicted molar refractivity (Wildman–Crippen MR) is 97.3 cm³/mol. The highest BCUT2D eigenvalue weighted by molar-refractivity contribution is 7.89. The zero-order valence-electron chi connectivity index (χ0n) is 15.0. The third-order valence-corrected chi connectivity index (χ3v) is 6.07. The molecule has 1 fully saturated rings. The number of nitrogens with zero attached hydrogens (tertiary/aromatic N) is 1. The summed E-state index contributed by atoms with van der Waals surface area (Å²) in [6, 6.07) is 4.76. The van der Waals surface area contributed by atoms with E-state index in [9.17, 15) is 13.2 Å². The molecule has 1 atom stereocenters. The van der Waals surface area contributed by atoms with Gasteiger partial charge >= 0.3 is 0 Å². The van der Waals surface area contributed by atoms with E-state index in [0.717, 1.165) is 12.8 Å². The highest BCUT2D eigenvalue weighted by Gasteiger charge is 2.30. The van der Waals surface area contributed by atoms with E-state index in [1.54, 1.807) is 26.1 Å². The first-order chi connectivity index (χ1) is 11.9. The highest BCUT2D eigenvalue weighted by Crippen LogP contribution is 2.31. The molecular weight excluding hydrogens is 342 g/mol. The summed E-state index contributed by atoms with van der Waals surface area (Å²) in [5.74, 6) is -0.0751. The van der Waals surface area contributed by atoms with Crippen molar-refractivity contribution in [2.24, 2.45) is 5.92 Å². The molecule has 0 saturated carbocycles. The minimum Gasteiger partial charge on any atom is -0.492 e. The number of nitrogens with one attached hydrogen (secondary N) is 2. The van der Waals surface area contributed by atoms with Gasteiger partial charge in [0.2, 0.25) is 15.9 Å². The molecule has 1 heterocycles. The van der Waals surface area contributed by atoms with Gasteiger partial charge in [0.05, 0.1) is 6.61 Å². The summed E-state index contributed by atoms with van der Waals surface area (Å²) in [6.07, 6.45) is 1.72. The van der Waals surface area contributed by atoms with Crippen LogP contribution in [0.15, 0.2) is 23.1 Å². The fraction of sp³-hybridized carbons (Fsp3) is 0.588. The minimum atomic E-state index is -3.64. The van der Waals surface area contributed by atoms with Crippen molar-refractivity contribution in [3.05, 3.63) is 18.2 Å². The molecule has 1 aromatic carbocycles. The number of rotatable bonds is 8. The van der Waals surface area contributed by atoms with Crippen LogP contribution in [0.5, 0.6) is 5.75 Å². The van der Waals surface area contributed by atoms with Gasteiger partial charge in [0.15, 0.2) is 0 Å². The lowest BCUT2D eigenvalue weighted by Gasteiger charge is -2.19. The highest BCUT2D eigenvalue weighted by atomic mass is 32.2. The molecule has 1 amide bonds. The van der Waals surface area contributed by atoms with E-state index in [0.29, 0.717) is 37.7 Å². The molecule has 0 bridgehead atoms. The van der Waals surface area contributed by atoms with E-state index in [-0.39, 0.29) is 16.7 Å². The molecule has 7 nitrogen and oxygen atoms in total. The second-order valence-electron chi connectivity index (χ2n) is 6.15. The van der Waals surface area contributed by atoms with Crippen LogP contribution >= 0.6 is 0 Å². The van der Waals surface area contributed by atoms with E-state index in [1.165, 1.54) is 10.4 Å². The Labute approximate surface area is 149 Å². The summed E-state index contributed by atoms with van der Waals surface area (Å²) in [6.45, 7) is 5.56. The van der Waals surface area contributed by atoms with Gasteiger partial charge in [-0.25, -0.2) is 8.42 Å². The number of carbonyl (C=O) groups is 1. The van der Waals surface area contributed by atoms with E-state index in [1.807, 2.05) is 6.92 Å². The number of sulfonamides is 1. The van der Waals surface area contributed by atoms with Crippen LogP contribution in [0.25, 0.3) is 0 Å². The standard InChI is InChI=1S/C17H27N3O4S/c1-4-24-15-8-7-14(19-17(21)13(2)12-18-3)11-16(15)25(22,23)20-9-5-6-10-20/h7-8,11,13,18H,4-6,9-10,12H2,1-3H3,(H,19,21). The first kappa shape index (κ1) is 19.7. The molecule has 0 aromatic heterocycles. The van der Waals surface area contributed by atoms with Gasteiger partial charge in [-0.3, -0.25) is 4.79 Å². The van der Waals surface area contributed by atoms with Crippen molar-refractivity contribution >= 4 is 21.6 Å². The Hall–Kier alpha value is -1.64. The van der Waals surface area contributed by atoms with Crippen molar-refractivity contribution < 1.29 is 17.9 Å². The lowest BCUT2D eigenvalue weighted by Crippen LogP contribution is -2.29. The SMILES string of the molecule is CCOc1ccc(NC(=O)C(C)CNC)cc1S(=O)(=O)N1CCCC1. The average molecular weight is 369 g/mol. The first-order valence-corrected chi connectivity index (χ1v) is 10.1. The lowest BCUT2D eigenvalue weighted by molar-refractivity contribution is -0.119. The third kappa shape index (κ3) is 4.71. The van der Waals surface area contributed by atoms with Crippen molar-refractivity contribution in [1.82, 2.24) is 9.62 Å². The predicted octanol–water partition coefficient (Wildman–Crippen LogP) is 1.66.